The summed E-state index contributed by atoms with van der Waals surface area (Å²) in [6.45, 7) is 3.98. The lowest BCUT2D eigenvalue weighted by Crippen LogP contribution is -2.15. The molecule has 0 saturated carbocycles. The van der Waals surface area contributed by atoms with Gasteiger partial charge in [0.1, 0.15) is 11.6 Å². The molecule has 0 heterocycles. The molecule has 0 saturated heterocycles. The average molecular weight is 309 g/mol. The molecule has 0 fully saturated rings. The standard InChI is InChI=1S/C15H11BrF2/c1-15(2)9-6-4-3-5-8(9)12-10(15)7-11(17)13(16)14(12)18/h3-7H,1-2H3. The van der Waals surface area contributed by atoms with Crippen molar-refractivity contribution in [1.29, 1.82) is 0 Å². The van der Waals surface area contributed by atoms with Crippen LogP contribution in [0.25, 0.3) is 11.1 Å². The first-order chi connectivity index (χ1) is 8.44. The van der Waals surface area contributed by atoms with Crippen molar-refractivity contribution >= 4 is 15.9 Å². The summed E-state index contributed by atoms with van der Waals surface area (Å²) in [4.78, 5) is 0. The first-order valence-corrected chi connectivity index (χ1v) is 6.51. The average Bonchev–Trinajstić information content (AvgIpc) is 2.56. The van der Waals surface area contributed by atoms with E-state index in [9.17, 15) is 8.78 Å². The van der Waals surface area contributed by atoms with Crippen LogP contribution in [0.5, 0.6) is 0 Å². The van der Waals surface area contributed by atoms with E-state index in [0.717, 1.165) is 11.1 Å². The Labute approximate surface area is 113 Å². The summed E-state index contributed by atoms with van der Waals surface area (Å²) in [6, 6.07) is 9.09. The molecule has 2 aromatic carbocycles. The Kier molecular flexibility index (Phi) is 2.39. The second-order valence-electron chi connectivity index (χ2n) is 5.08. The van der Waals surface area contributed by atoms with Gasteiger partial charge < -0.3 is 0 Å². The van der Waals surface area contributed by atoms with Gasteiger partial charge in [0.2, 0.25) is 0 Å². The molecule has 2 aromatic rings. The number of fused-ring (bicyclic) bond motifs is 3. The molecule has 0 amide bonds. The lowest BCUT2D eigenvalue weighted by Gasteiger charge is -2.21. The highest BCUT2D eigenvalue weighted by atomic mass is 79.9. The van der Waals surface area contributed by atoms with Crippen LogP contribution in [0.15, 0.2) is 34.8 Å². The second-order valence-corrected chi connectivity index (χ2v) is 5.87. The van der Waals surface area contributed by atoms with Gasteiger partial charge in [-0.05, 0) is 38.7 Å². The molecule has 0 N–H and O–H groups in total. The third-order valence-electron chi connectivity index (χ3n) is 3.71. The van der Waals surface area contributed by atoms with Crippen molar-refractivity contribution in [3.63, 3.8) is 0 Å². The highest BCUT2D eigenvalue weighted by molar-refractivity contribution is 9.10. The molecule has 0 aliphatic heterocycles. The summed E-state index contributed by atoms with van der Waals surface area (Å²) < 4.78 is 27.9. The predicted molar refractivity (Wildman–Crippen MR) is 71.6 cm³/mol. The molecule has 92 valence electrons. The topological polar surface area (TPSA) is 0 Å². The summed E-state index contributed by atoms with van der Waals surface area (Å²) in [5, 5.41) is 0. The molecule has 3 heteroatoms. The first kappa shape index (κ1) is 11.8. The van der Waals surface area contributed by atoms with Crippen LogP contribution in [0.2, 0.25) is 0 Å². The predicted octanol–water partition coefficient (Wildman–Crippen LogP) is 5.03. The quantitative estimate of drug-likeness (QED) is 0.599. The van der Waals surface area contributed by atoms with Crippen LogP contribution in [-0.2, 0) is 5.41 Å². The zero-order valence-corrected chi connectivity index (χ0v) is 11.6. The minimum atomic E-state index is -0.549. The Morgan fingerprint density at radius 1 is 1.06 bits per heavy atom. The second kappa shape index (κ2) is 3.64. The minimum Gasteiger partial charge on any atom is -0.206 e. The van der Waals surface area contributed by atoms with Crippen LogP contribution in [0, 0.1) is 11.6 Å². The van der Waals surface area contributed by atoms with Gasteiger partial charge in [0.15, 0.2) is 0 Å². The summed E-state index contributed by atoms with van der Waals surface area (Å²) in [5.74, 6) is -1.06. The van der Waals surface area contributed by atoms with Crippen LogP contribution in [-0.4, -0.2) is 0 Å². The molecule has 0 atom stereocenters. The number of benzene rings is 2. The lowest BCUT2D eigenvalue weighted by atomic mass is 9.82. The van der Waals surface area contributed by atoms with Crippen molar-refractivity contribution in [2.45, 2.75) is 19.3 Å². The van der Waals surface area contributed by atoms with Gasteiger partial charge >= 0.3 is 0 Å². The monoisotopic (exact) mass is 308 g/mol. The highest BCUT2D eigenvalue weighted by Crippen LogP contribution is 2.50. The van der Waals surface area contributed by atoms with Crippen molar-refractivity contribution < 1.29 is 8.78 Å². The van der Waals surface area contributed by atoms with Crippen LogP contribution in [0.3, 0.4) is 0 Å². The van der Waals surface area contributed by atoms with E-state index in [2.05, 4.69) is 15.9 Å². The zero-order chi connectivity index (χ0) is 13.1. The van der Waals surface area contributed by atoms with Crippen LogP contribution < -0.4 is 0 Å². The SMILES string of the molecule is CC1(C)c2ccccc2-c2c1cc(F)c(Br)c2F. The summed E-state index contributed by atoms with van der Waals surface area (Å²) in [5.41, 5.74) is 2.76. The Bertz CT molecular complexity index is 660. The molecule has 1 aliphatic carbocycles. The maximum atomic E-state index is 14.3. The van der Waals surface area contributed by atoms with E-state index in [4.69, 9.17) is 0 Å². The Morgan fingerprint density at radius 3 is 2.44 bits per heavy atom. The third-order valence-corrected chi connectivity index (χ3v) is 4.43. The lowest BCUT2D eigenvalue weighted by molar-refractivity contribution is 0.562. The molecule has 0 aromatic heterocycles. The smallest absolute Gasteiger partial charge is 0.148 e. The minimum absolute atomic E-state index is 0.0891. The molecule has 0 radical (unpaired) electrons. The van der Waals surface area contributed by atoms with Crippen molar-refractivity contribution in [2.24, 2.45) is 0 Å². The zero-order valence-electron chi connectivity index (χ0n) is 10.0. The molecule has 0 spiro atoms. The number of hydrogen-bond acceptors (Lipinski definition) is 0. The maximum absolute atomic E-state index is 14.3. The largest absolute Gasteiger partial charge is 0.206 e. The number of rotatable bonds is 0. The number of halogens is 3. The van der Waals surface area contributed by atoms with Crippen LogP contribution in [0.1, 0.15) is 25.0 Å². The van der Waals surface area contributed by atoms with E-state index < -0.39 is 11.6 Å². The van der Waals surface area contributed by atoms with E-state index in [-0.39, 0.29) is 9.89 Å². The van der Waals surface area contributed by atoms with E-state index in [1.165, 1.54) is 6.07 Å². The van der Waals surface area contributed by atoms with Crippen LogP contribution >= 0.6 is 15.9 Å². The van der Waals surface area contributed by atoms with E-state index in [1.807, 2.05) is 38.1 Å². The first-order valence-electron chi connectivity index (χ1n) is 5.72. The molecule has 0 nitrogen and oxygen atoms in total. The van der Waals surface area contributed by atoms with E-state index in [0.29, 0.717) is 11.1 Å². The Morgan fingerprint density at radius 2 is 1.72 bits per heavy atom. The maximum Gasteiger partial charge on any atom is 0.148 e. The van der Waals surface area contributed by atoms with Gasteiger partial charge in [-0.2, -0.15) is 0 Å². The molecule has 0 bridgehead atoms. The van der Waals surface area contributed by atoms with Gasteiger partial charge in [0.05, 0.1) is 4.47 Å². The Balaban J connectivity index is 2.47. The highest BCUT2D eigenvalue weighted by Gasteiger charge is 2.38. The van der Waals surface area contributed by atoms with Crippen molar-refractivity contribution in [1.82, 2.24) is 0 Å². The van der Waals surface area contributed by atoms with Gasteiger partial charge in [0.25, 0.3) is 0 Å². The van der Waals surface area contributed by atoms with Gasteiger partial charge in [-0.15, -0.1) is 0 Å². The fourth-order valence-electron chi connectivity index (χ4n) is 2.74. The van der Waals surface area contributed by atoms with Crippen LogP contribution in [0.4, 0.5) is 8.78 Å². The van der Waals surface area contributed by atoms with Gasteiger partial charge in [-0.1, -0.05) is 38.1 Å². The Hall–Kier alpha value is -1.22. The molecule has 0 unspecified atom stereocenters. The van der Waals surface area contributed by atoms with Crippen molar-refractivity contribution in [2.75, 3.05) is 0 Å². The number of hydrogen-bond donors (Lipinski definition) is 0. The van der Waals surface area contributed by atoms with E-state index >= 15 is 0 Å². The fraction of sp³-hybridized carbons (Fsp3) is 0.200. The molecule has 18 heavy (non-hydrogen) atoms. The molecular weight excluding hydrogens is 298 g/mol. The van der Waals surface area contributed by atoms with Gasteiger partial charge in [-0.25, -0.2) is 8.78 Å². The molecule has 1 aliphatic rings. The molecule has 3 rings (SSSR count). The van der Waals surface area contributed by atoms with Gasteiger partial charge in [-0.3, -0.25) is 0 Å². The van der Waals surface area contributed by atoms with Crippen molar-refractivity contribution in [3.8, 4) is 11.1 Å². The molecular formula is C15H11BrF2. The summed E-state index contributed by atoms with van der Waals surface area (Å²) >= 11 is 2.97. The van der Waals surface area contributed by atoms with Crippen molar-refractivity contribution in [3.05, 3.63) is 57.6 Å². The summed E-state index contributed by atoms with van der Waals surface area (Å²) in [6.07, 6.45) is 0. The van der Waals surface area contributed by atoms with E-state index in [1.54, 1.807) is 0 Å². The fourth-order valence-corrected chi connectivity index (χ4v) is 3.06. The summed E-state index contributed by atoms with van der Waals surface area (Å²) in [7, 11) is 0. The van der Waals surface area contributed by atoms with Gasteiger partial charge in [0, 0.05) is 11.0 Å². The normalized spacial score (nSPS) is 15.4. The third kappa shape index (κ3) is 1.34.